The number of nitrogens with one attached hydrogen (secondary N) is 1. The van der Waals surface area contributed by atoms with Gasteiger partial charge in [0.15, 0.2) is 0 Å². The summed E-state index contributed by atoms with van der Waals surface area (Å²) in [6.07, 6.45) is 2.69. The highest BCUT2D eigenvalue weighted by Crippen LogP contribution is 2.20. The predicted molar refractivity (Wildman–Crippen MR) is 65.2 cm³/mol. The lowest BCUT2D eigenvalue weighted by molar-refractivity contribution is -0.133. The number of amides is 2. The molecule has 17 heavy (non-hydrogen) atoms. The summed E-state index contributed by atoms with van der Waals surface area (Å²) < 4.78 is 0. The maximum atomic E-state index is 11.6. The van der Waals surface area contributed by atoms with Crippen LogP contribution in [0.15, 0.2) is 12.1 Å². The Balaban J connectivity index is 2.01. The fourth-order valence-electron chi connectivity index (χ4n) is 1.87. The van der Waals surface area contributed by atoms with Crippen molar-refractivity contribution in [3.8, 4) is 0 Å². The summed E-state index contributed by atoms with van der Waals surface area (Å²) in [7, 11) is 0. The number of rotatable bonds is 3. The summed E-state index contributed by atoms with van der Waals surface area (Å²) in [5.74, 6) is 4.98. The number of hydrogen-bond acceptors (Lipinski definition) is 4. The number of hydrazine groups is 1. The van der Waals surface area contributed by atoms with Gasteiger partial charge < -0.3 is 4.90 Å². The molecule has 1 saturated heterocycles. The van der Waals surface area contributed by atoms with Crippen molar-refractivity contribution in [3.63, 3.8) is 0 Å². The molecule has 1 aromatic heterocycles. The van der Waals surface area contributed by atoms with E-state index >= 15 is 0 Å². The Bertz CT molecular complexity index is 430. The first-order chi connectivity index (χ1) is 8.20. The SMILES string of the molecule is NNC(=O)c1ccc(CN2CCCCC2=O)s1. The van der Waals surface area contributed by atoms with Crippen LogP contribution >= 0.6 is 11.3 Å². The summed E-state index contributed by atoms with van der Waals surface area (Å²) in [5.41, 5.74) is 2.10. The zero-order valence-corrected chi connectivity index (χ0v) is 10.3. The standard InChI is InChI=1S/C11H15N3O2S/c12-13-11(16)9-5-4-8(17-9)7-14-6-2-1-3-10(14)15/h4-5H,1-3,6-7,12H2,(H,13,16). The molecule has 92 valence electrons. The van der Waals surface area contributed by atoms with E-state index in [0.717, 1.165) is 24.3 Å². The molecule has 0 bridgehead atoms. The minimum Gasteiger partial charge on any atom is -0.338 e. The first-order valence-electron chi connectivity index (χ1n) is 5.58. The maximum absolute atomic E-state index is 11.6. The van der Waals surface area contributed by atoms with E-state index in [1.807, 2.05) is 11.0 Å². The molecule has 0 radical (unpaired) electrons. The summed E-state index contributed by atoms with van der Waals surface area (Å²) in [6, 6.07) is 3.60. The molecule has 0 saturated carbocycles. The van der Waals surface area contributed by atoms with Gasteiger partial charge in [-0.25, -0.2) is 5.84 Å². The quantitative estimate of drug-likeness (QED) is 0.476. The number of thiophene rings is 1. The van der Waals surface area contributed by atoms with Gasteiger partial charge >= 0.3 is 0 Å². The zero-order valence-electron chi connectivity index (χ0n) is 9.44. The van der Waals surface area contributed by atoms with Gasteiger partial charge in [0.05, 0.1) is 11.4 Å². The molecule has 1 aliphatic heterocycles. The monoisotopic (exact) mass is 253 g/mol. The molecule has 0 atom stereocenters. The molecular formula is C11H15N3O2S. The smallest absolute Gasteiger partial charge is 0.275 e. The third-order valence-corrected chi connectivity index (χ3v) is 3.85. The number of nitrogens with zero attached hydrogens (tertiary/aromatic N) is 1. The zero-order chi connectivity index (χ0) is 12.3. The van der Waals surface area contributed by atoms with E-state index in [9.17, 15) is 9.59 Å². The maximum Gasteiger partial charge on any atom is 0.275 e. The van der Waals surface area contributed by atoms with Crippen molar-refractivity contribution in [2.75, 3.05) is 6.54 Å². The van der Waals surface area contributed by atoms with Crippen LogP contribution in [0.2, 0.25) is 0 Å². The van der Waals surface area contributed by atoms with Crippen molar-refractivity contribution < 1.29 is 9.59 Å². The molecule has 6 heteroatoms. The number of piperidine rings is 1. The lowest BCUT2D eigenvalue weighted by Gasteiger charge is -2.26. The van der Waals surface area contributed by atoms with E-state index in [1.165, 1.54) is 11.3 Å². The van der Waals surface area contributed by atoms with E-state index in [0.29, 0.717) is 17.8 Å². The van der Waals surface area contributed by atoms with Gasteiger partial charge in [0.25, 0.3) is 5.91 Å². The Kier molecular flexibility index (Phi) is 3.75. The highest BCUT2D eigenvalue weighted by atomic mass is 32.1. The first-order valence-corrected chi connectivity index (χ1v) is 6.40. The summed E-state index contributed by atoms with van der Waals surface area (Å²) in [4.78, 5) is 26.3. The highest BCUT2D eigenvalue weighted by Gasteiger charge is 2.19. The van der Waals surface area contributed by atoms with E-state index in [1.54, 1.807) is 6.07 Å². The molecule has 1 aliphatic rings. The molecular weight excluding hydrogens is 238 g/mol. The predicted octanol–water partition coefficient (Wildman–Crippen LogP) is 0.864. The minimum absolute atomic E-state index is 0.203. The van der Waals surface area contributed by atoms with Gasteiger partial charge in [-0.15, -0.1) is 11.3 Å². The Morgan fingerprint density at radius 1 is 1.47 bits per heavy atom. The Morgan fingerprint density at radius 3 is 3.00 bits per heavy atom. The Hall–Kier alpha value is -1.40. The van der Waals surface area contributed by atoms with Crippen LogP contribution in [0.5, 0.6) is 0 Å². The number of nitrogens with two attached hydrogens (primary N) is 1. The lowest BCUT2D eigenvalue weighted by Crippen LogP contribution is -2.34. The highest BCUT2D eigenvalue weighted by molar-refractivity contribution is 7.14. The molecule has 2 rings (SSSR count). The van der Waals surface area contributed by atoms with Crippen molar-refractivity contribution in [2.24, 2.45) is 5.84 Å². The van der Waals surface area contributed by atoms with E-state index in [-0.39, 0.29) is 11.8 Å². The van der Waals surface area contributed by atoms with Crippen molar-refractivity contribution in [2.45, 2.75) is 25.8 Å². The average molecular weight is 253 g/mol. The summed E-state index contributed by atoms with van der Waals surface area (Å²) in [6.45, 7) is 1.41. The number of nitrogen functional groups attached to an aromatic ring is 1. The fraction of sp³-hybridized carbons (Fsp3) is 0.455. The normalized spacial score (nSPS) is 16.1. The third kappa shape index (κ3) is 2.83. The second-order valence-electron chi connectivity index (χ2n) is 4.01. The fourth-order valence-corrected chi connectivity index (χ4v) is 2.80. The van der Waals surface area contributed by atoms with Crippen LogP contribution in [0.3, 0.4) is 0 Å². The largest absolute Gasteiger partial charge is 0.338 e. The van der Waals surface area contributed by atoms with E-state index in [4.69, 9.17) is 5.84 Å². The van der Waals surface area contributed by atoms with Gasteiger partial charge in [-0.05, 0) is 25.0 Å². The number of hydrogen-bond donors (Lipinski definition) is 2. The average Bonchev–Trinajstić information content (AvgIpc) is 2.80. The van der Waals surface area contributed by atoms with Gasteiger partial charge in [0, 0.05) is 17.8 Å². The molecule has 2 amide bonds. The lowest BCUT2D eigenvalue weighted by atomic mass is 10.1. The molecule has 0 spiro atoms. The van der Waals surface area contributed by atoms with Gasteiger partial charge in [-0.3, -0.25) is 15.0 Å². The Morgan fingerprint density at radius 2 is 2.29 bits per heavy atom. The molecule has 0 aliphatic carbocycles. The second-order valence-corrected chi connectivity index (χ2v) is 5.18. The molecule has 5 nitrogen and oxygen atoms in total. The van der Waals surface area contributed by atoms with E-state index in [2.05, 4.69) is 5.43 Å². The number of likely N-dealkylation sites (tertiary alicyclic amines) is 1. The van der Waals surface area contributed by atoms with Crippen molar-refractivity contribution in [1.29, 1.82) is 0 Å². The molecule has 0 aromatic carbocycles. The van der Waals surface area contributed by atoms with Crippen LogP contribution in [0.1, 0.15) is 33.8 Å². The third-order valence-electron chi connectivity index (χ3n) is 2.78. The van der Waals surface area contributed by atoms with E-state index < -0.39 is 0 Å². The molecule has 3 N–H and O–H groups in total. The first kappa shape index (κ1) is 12.1. The molecule has 0 unspecified atom stereocenters. The number of carbonyl (C=O) groups excluding carboxylic acids is 2. The topological polar surface area (TPSA) is 75.4 Å². The van der Waals surface area contributed by atoms with Gasteiger partial charge in [0.1, 0.15) is 0 Å². The minimum atomic E-state index is -0.286. The van der Waals surface area contributed by atoms with Gasteiger partial charge in [-0.2, -0.15) is 0 Å². The van der Waals surface area contributed by atoms with Crippen molar-refractivity contribution in [1.82, 2.24) is 10.3 Å². The van der Waals surface area contributed by atoms with Crippen molar-refractivity contribution in [3.05, 3.63) is 21.9 Å². The summed E-state index contributed by atoms with van der Waals surface area (Å²) >= 11 is 1.38. The van der Waals surface area contributed by atoms with Crippen LogP contribution in [0.25, 0.3) is 0 Å². The van der Waals surface area contributed by atoms with Gasteiger partial charge in [0.2, 0.25) is 5.91 Å². The van der Waals surface area contributed by atoms with Gasteiger partial charge in [-0.1, -0.05) is 0 Å². The van der Waals surface area contributed by atoms with Crippen LogP contribution in [0, 0.1) is 0 Å². The molecule has 1 aromatic rings. The Labute approximate surface area is 104 Å². The van der Waals surface area contributed by atoms with Crippen molar-refractivity contribution >= 4 is 23.2 Å². The molecule has 2 heterocycles. The second kappa shape index (κ2) is 5.29. The van der Waals surface area contributed by atoms with Crippen LogP contribution in [-0.2, 0) is 11.3 Å². The number of carbonyl (C=O) groups is 2. The summed E-state index contributed by atoms with van der Waals surface area (Å²) in [5, 5.41) is 0. The van der Waals surface area contributed by atoms with Crippen LogP contribution in [-0.4, -0.2) is 23.3 Å². The van der Waals surface area contributed by atoms with Crippen LogP contribution < -0.4 is 11.3 Å². The molecule has 1 fully saturated rings. The van der Waals surface area contributed by atoms with Crippen LogP contribution in [0.4, 0.5) is 0 Å².